The molecule has 2 N–H and O–H groups in total. The van der Waals surface area contributed by atoms with E-state index in [0.717, 1.165) is 32.6 Å². The first-order valence-corrected chi connectivity index (χ1v) is 7.29. The number of likely N-dealkylation sites (N-methyl/N-ethyl adjacent to an activating group) is 1. The fourth-order valence-corrected chi connectivity index (χ4v) is 2.69. The molecule has 0 aromatic heterocycles. The molecule has 1 heterocycles. The number of nitrogens with one attached hydrogen (secondary N) is 1. The molecule has 2 atom stereocenters. The average molecular weight is 257 g/mol. The maximum Gasteiger partial charge on any atom is 0.0623 e. The highest BCUT2D eigenvalue weighted by atomic mass is 16.3. The predicted molar refractivity (Wildman–Crippen MR) is 76.9 cm³/mol. The summed E-state index contributed by atoms with van der Waals surface area (Å²) in [6.07, 6.45) is 2.32. The zero-order valence-electron chi connectivity index (χ0n) is 12.6. The van der Waals surface area contributed by atoms with E-state index < -0.39 is 0 Å². The zero-order valence-corrected chi connectivity index (χ0v) is 12.6. The van der Waals surface area contributed by atoms with E-state index in [0.29, 0.717) is 6.04 Å². The molecule has 0 aromatic rings. The van der Waals surface area contributed by atoms with Crippen LogP contribution in [0.3, 0.4) is 0 Å². The number of aliphatic hydroxyl groups excluding tert-OH is 1. The molecule has 0 aromatic carbocycles. The molecule has 108 valence electrons. The van der Waals surface area contributed by atoms with Crippen LogP contribution >= 0.6 is 0 Å². The van der Waals surface area contributed by atoms with E-state index in [2.05, 4.69) is 42.9 Å². The molecule has 4 nitrogen and oxygen atoms in total. The summed E-state index contributed by atoms with van der Waals surface area (Å²) in [5.74, 6) is 0. The predicted octanol–water partition coefficient (Wildman–Crippen LogP) is 0.763. The second-order valence-electron chi connectivity index (χ2n) is 6.08. The third-order valence-corrected chi connectivity index (χ3v) is 3.89. The van der Waals surface area contributed by atoms with Crippen molar-refractivity contribution in [1.29, 1.82) is 0 Å². The first kappa shape index (κ1) is 15.9. The zero-order chi connectivity index (χ0) is 13.6. The molecule has 1 rings (SSSR count). The van der Waals surface area contributed by atoms with Crippen molar-refractivity contribution < 1.29 is 5.11 Å². The van der Waals surface area contributed by atoms with Gasteiger partial charge in [-0.3, -0.25) is 4.90 Å². The van der Waals surface area contributed by atoms with Crippen LogP contribution in [-0.2, 0) is 0 Å². The maximum atomic E-state index is 9.65. The quantitative estimate of drug-likeness (QED) is 0.737. The number of hydrogen-bond acceptors (Lipinski definition) is 4. The Bertz CT molecular complexity index is 237. The second kappa shape index (κ2) is 7.43. The Kier molecular flexibility index (Phi) is 6.57. The third kappa shape index (κ3) is 4.84. The van der Waals surface area contributed by atoms with E-state index in [9.17, 15) is 5.11 Å². The van der Waals surface area contributed by atoms with E-state index in [4.69, 9.17) is 0 Å². The van der Waals surface area contributed by atoms with Gasteiger partial charge in [0.15, 0.2) is 0 Å². The Balaban J connectivity index is 2.56. The molecular formula is C14H31N3O. The molecule has 2 unspecified atom stereocenters. The first-order chi connectivity index (χ1) is 8.50. The van der Waals surface area contributed by atoms with Gasteiger partial charge in [0.25, 0.3) is 0 Å². The van der Waals surface area contributed by atoms with Gasteiger partial charge >= 0.3 is 0 Å². The summed E-state index contributed by atoms with van der Waals surface area (Å²) in [5, 5.41) is 13.1. The Labute approximate surface area is 112 Å². The summed E-state index contributed by atoms with van der Waals surface area (Å²) in [4.78, 5) is 4.92. The first-order valence-electron chi connectivity index (χ1n) is 7.29. The highest BCUT2D eigenvalue weighted by molar-refractivity contribution is 4.89. The maximum absolute atomic E-state index is 9.65. The summed E-state index contributed by atoms with van der Waals surface area (Å²) in [6, 6.07) is 0.562. The molecule has 0 spiro atoms. The van der Waals surface area contributed by atoms with Crippen LogP contribution < -0.4 is 5.32 Å². The minimum Gasteiger partial charge on any atom is -0.394 e. The highest BCUT2D eigenvalue weighted by Gasteiger charge is 2.29. The smallest absolute Gasteiger partial charge is 0.0623 e. The van der Waals surface area contributed by atoms with Gasteiger partial charge < -0.3 is 15.3 Å². The van der Waals surface area contributed by atoms with Crippen LogP contribution in [-0.4, -0.2) is 72.9 Å². The van der Waals surface area contributed by atoms with Crippen LogP contribution in [0.25, 0.3) is 0 Å². The lowest BCUT2D eigenvalue weighted by molar-refractivity contribution is 0.0995. The van der Waals surface area contributed by atoms with Crippen LogP contribution in [0.2, 0.25) is 0 Å². The Morgan fingerprint density at radius 2 is 2.11 bits per heavy atom. The van der Waals surface area contributed by atoms with Crippen molar-refractivity contribution in [2.45, 2.75) is 45.2 Å². The molecule has 0 aliphatic carbocycles. The normalized spacial score (nSPS) is 26.8. The summed E-state index contributed by atoms with van der Waals surface area (Å²) >= 11 is 0. The third-order valence-electron chi connectivity index (χ3n) is 3.89. The van der Waals surface area contributed by atoms with Crippen LogP contribution in [0.4, 0.5) is 0 Å². The van der Waals surface area contributed by atoms with E-state index in [-0.39, 0.29) is 12.1 Å². The van der Waals surface area contributed by atoms with Gasteiger partial charge in [-0.1, -0.05) is 6.92 Å². The van der Waals surface area contributed by atoms with Gasteiger partial charge in [0, 0.05) is 19.1 Å². The molecule has 0 saturated carbocycles. The molecule has 1 aliphatic rings. The molecule has 1 saturated heterocycles. The Hall–Kier alpha value is -0.160. The number of nitrogens with zero attached hydrogens (tertiary/aromatic N) is 2. The molecular weight excluding hydrogens is 226 g/mol. The summed E-state index contributed by atoms with van der Waals surface area (Å²) in [7, 11) is 2.20. The minimum atomic E-state index is -0.173. The fraction of sp³-hybridized carbons (Fsp3) is 1.00. The van der Waals surface area contributed by atoms with Crippen LogP contribution in [0.5, 0.6) is 0 Å². The largest absolute Gasteiger partial charge is 0.394 e. The lowest BCUT2D eigenvalue weighted by Gasteiger charge is -2.37. The fourth-order valence-electron chi connectivity index (χ4n) is 2.69. The van der Waals surface area contributed by atoms with Gasteiger partial charge in [-0.15, -0.1) is 0 Å². The minimum absolute atomic E-state index is 0.173. The summed E-state index contributed by atoms with van der Waals surface area (Å²) < 4.78 is 0. The number of rotatable bonds is 6. The van der Waals surface area contributed by atoms with Crippen molar-refractivity contribution in [3.8, 4) is 0 Å². The van der Waals surface area contributed by atoms with Crippen molar-refractivity contribution >= 4 is 0 Å². The molecule has 0 bridgehead atoms. The molecule has 0 radical (unpaired) electrons. The van der Waals surface area contributed by atoms with Crippen molar-refractivity contribution in [3.63, 3.8) is 0 Å². The van der Waals surface area contributed by atoms with Gasteiger partial charge in [-0.25, -0.2) is 0 Å². The summed E-state index contributed by atoms with van der Waals surface area (Å²) in [5.41, 5.74) is -0.173. The molecule has 1 fully saturated rings. The van der Waals surface area contributed by atoms with Crippen molar-refractivity contribution in [2.75, 3.05) is 46.4 Å². The second-order valence-corrected chi connectivity index (χ2v) is 6.08. The summed E-state index contributed by atoms with van der Waals surface area (Å²) in [6.45, 7) is 12.1. The van der Waals surface area contributed by atoms with Crippen molar-refractivity contribution in [2.24, 2.45) is 0 Å². The van der Waals surface area contributed by atoms with Crippen LogP contribution in [0, 0.1) is 0 Å². The van der Waals surface area contributed by atoms with Gasteiger partial charge in [0.1, 0.15) is 0 Å². The number of aliphatic hydroxyl groups is 1. The average Bonchev–Trinajstić information content (AvgIpc) is 2.49. The molecule has 4 heteroatoms. The van der Waals surface area contributed by atoms with Gasteiger partial charge in [0.2, 0.25) is 0 Å². The van der Waals surface area contributed by atoms with Crippen LogP contribution in [0.15, 0.2) is 0 Å². The Morgan fingerprint density at radius 3 is 2.72 bits per heavy atom. The van der Waals surface area contributed by atoms with Crippen molar-refractivity contribution in [3.05, 3.63) is 0 Å². The molecule has 18 heavy (non-hydrogen) atoms. The molecule has 0 amide bonds. The van der Waals surface area contributed by atoms with Gasteiger partial charge in [-0.2, -0.15) is 0 Å². The number of hydrogen-bond donors (Lipinski definition) is 2. The SMILES string of the molecule is CCCNC(C)(CO)CN1CCCN(C)CC1C. The van der Waals surface area contributed by atoms with Crippen molar-refractivity contribution in [1.82, 2.24) is 15.1 Å². The van der Waals surface area contributed by atoms with Gasteiger partial charge in [-0.05, 0) is 53.4 Å². The standard InChI is InChI=1S/C14H31N3O/c1-5-7-15-14(3,12-18)11-17-9-6-8-16(4)10-13(17)2/h13,15,18H,5-12H2,1-4H3. The van der Waals surface area contributed by atoms with E-state index in [1.807, 2.05) is 0 Å². The topological polar surface area (TPSA) is 38.7 Å². The lowest BCUT2D eigenvalue weighted by atomic mass is 10.0. The monoisotopic (exact) mass is 257 g/mol. The lowest BCUT2D eigenvalue weighted by Crippen LogP contribution is -2.56. The molecule has 1 aliphatic heterocycles. The Morgan fingerprint density at radius 1 is 1.39 bits per heavy atom. The van der Waals surface area contributed by atoms with E-state index in [1.165, 1.54) is 13.0 Å². The van der Waals surface area contributed by atoms with Crippen LogP contribution in [0.1, 0.15) is 33.6 Å². The highest BCUT2D eigenvalue weighted by Crippen LogP contribution is 2.13. The van der Waals surface area contributed by atoms with Gasteiger partial charge in [0.05, 0.1) is 12.1 Å². The van der Waals surface area contributed by atoms with E-state index >= 15 is 0 Å². The van der Waals surface area contributed by atoms with E-state index in [1.54, 1.807) is 0 Å².